The van der Waals surface area contributed by atoms with Gasteiger partial charge in [-0.15, -0.1) is 0 Å². The predicted molar refractivity (Wildman–Crippen MR) is 110 cm³/mol. The molecule has 0 bridgehead atoms. The van der Waals surface area contributed by atoms with Crippen LogP contribution in [-0.2, 0) is 5.54 Å². The highest BCUT2D eigenvalue weighted by molar-refractivity contribution is 5.59. The number of aromatic nitrogens is 1. The average Bonchev–Trinajstić information content (AvgIpc) is 3.54. The second-order valence-corrected chi connectivity index (χ2v) is 8.04. The molecule has 154 valence electrons. The highest BCUT2D eigenvalue weighted by atomic mass is 19.3. The smallest absolute Gasteiger partial charge is 0.387 e. The van der Waals surface area contributed by atoms with Crippen molar-refractivity contribution in [2.45, 2.75) is 44.0 Å². The molecule has 1 aliphatic heterocycles. The zero-order valence-corrected chi connectivity index (χ0v) is 16.6. The van der Waals surface area contributed by atoms with Crippen molar-refractivity contribution >= 4 is 0 Å². The van der Waals surface area contributed by atoms with Gasteiger partial charge in [0.1, 0.15) is 11.9 Å². The van der Waals surface area contributed by atoms with E-state index in [0.717, 1.165) is 40.8 Å². The number of halogens is 2. The number of pyridine rings is 1. The Balaban J connectivity index is 1.77. The third-order valence-electron chi connectivity index (χ3n) is 6.08. The Morgan fingerprint density at radius 3 is 2.57 bits per heavy atom. The molecule has 30 heavy (non-hydrogen) atoms. The number of benzene rings is 2. The van der Waals surface area contributed by atoms with Crippen LogP contribution in [0.5, 0.6) is 5.75 Å². The van der Waals surface area contributed by atoms with Crippen LogP contribution in [0, 0.1) is 6.92 Å². The number of nitrogens with two attached hydrogens (primary N) is 1. The van der Waals surface area contributed by atoms with Crippen molar-refractivity contribution in [1.82, 2.24) is 10.3 Å². The molecule has 2 atom stereocenters. The largest absolute Gasteiger partial charge is 0.434 e. The van der Waals surface area contributed by atoms with Gasteiger partial charge in [0.05, 0.1) is 11.2 Å². The highest BCUT2D eigenvalue weighted by Gasteiger charge is 2.46. The highest BCUT2D eigenvalue weighted by Crippen LogP contribution is 2.50. The molecule has 2 aliphatic rings. The second-order valence-electron chi connectivity index (χ2n) is 8.04. The van der Waals surface area contributed by atoms with E-state index in [1.165, 1.54) is 0 Å². The van der Waals surface area contributed by atoms with Crippen LogP contribution in [0.2, 0.25) is 0 Å². The van der Waals surface area contributed by atoms with E-state index >= 15 is 0 Å². The summed E-state index contributed by atoms with van der Waals surface area (Å²) in [5.41, 5.74) is 11.0. The number of hydrogen-bond acceptors (Lipinski definition) is 4. The number of aryl methyl sites for hydroxylation is 1. The first-order valence-corrected chi connectivity index (χ1v) is 10.1. The zero-order valence-electron chi connectivity index (χ0n) is 16.6. The zero-order chi connectivity index (χ0) is 20.9. The van der Waals surface area contributed by atoms with Gasteiger partial charge >= 0.3 is 6.61 Å². The lowest BCUT2D eigenvalue weighted by atomic mass is 9.77. The summed E-state index contributed by atoms with van der Waals surface area (Å²) in [5, 5.41) is 3.57. The SMILES string of the molecule is Cc1cc(C2(c3ccccc3)NC(N)c3ncccc32)cc(C2CC2)c1OC(F)F. The van der Waals surface area contributed by atoms with Crippen LogP contribution in [0.25, 0.3) is 0 Å². The minimum atomic E-state index is -2.85. The van der Waals surface area contributed by atoms with E-state index in [0.29, 0.717) is 11.3 Å². The molecule has 1 saturated carbocycles. The third-order valence-corrected chi connectivity index (χ3v) is 6.08. The van der Waals surface area contributed by atoms with E-state index < -0.39 is 18.3 Å². The Labute approximate surface area is 174 Å². The van der Waals surface area contributed by atoms with Gasteiger partial charge in [0.2, 0.25) is 0 Å². The van der Waals surface area contributed by atoms with Crippen molar-refractivity contribution in [1.29, 1.82) is 0 Å². The predicted octanol–water partition coefficient (Wildman–Crippen LogP) is 4.72. The Bertz CT molecular complexity index is 1090. The second kappa shape index (κ2) is 7.15. The van der Waals surface area contributed by atoms with E-state index in [1.807, 2.05) is 49.4 Å². The number of ether oxygens (including phenoxy) is 1. The normalized spacial score (nSPS) is 22.9. The molecule has 0 spiro atoms. The molecule has 0 amide bonds. The monoisotopic (exact) mass is 407 g/mol. The number of fused-ring (bicyclic) bond motifs is 1. The molecule has 0 radical (unpaired) electrons. The minimum Gasteiger partial charge on any atom is -0.434 e. The number of alkyl halides is 2. The third kappa shape index (κ3) is 2.99. The maximum atomic E-state index is 13.1. The lowest BCUT2D eigenvalue weighted by Gasteiger charge is -2.34. The summed E-state index contributed by atoms with van der Waals surface area (Å²) in [6.07, 6.45) is 3.25. The summed E-state index contributed by atoms with van der Waals surface area (Å²) in [6, 6.07) is 17.9. The number of rotatable bonds is 5. The van der Waals surface area contributed by atoms with E-state index in [9.17, 15) is 8.78 Å². The van der Waals surface area contributed by atoms with E-state index in [1.54, 1.807) is 6.20 Å². The standard InChI is InChI=1S/C24H23F2N3O/c1-14-12-17(13-18(15-9-10-15)21(14)30-23(25)26)24(16-6-3-2-4-7-16)19-8-5-11-28-20(19)22(27)29-24/h2-8,11-13,15,22-23,29H,9-10,27H2,1H3. The van der Waals surface area contributed by atoms with Gasteiger partial charge in [-0.1, -0.05) is 36.4 Å². The lowest BCUT2D eigenvalue weighted by molar-refractivity contribution is -0.0509. The number of hydrogen-bond donors (Lipinski definition) is 2. The molecule has 6 heteroatoms. The Morgan fingerprint density at radius 2 is 1.87 bits per heavy atom. The molecule has 5 rings (SSSR count). The van der Waals surface area contributed by atoms with Gasteiger partial charge in [0, 0.05) is 11.8 Å². The minimum absolute atomic E-state index is 0.244. The van der Waals surface area contributed by atoms with E-state index in [-0.39, 0.29) is 5.92 Å². The van der Waals surface area contributed by atoms with Crippen LogP contribution in [0.4, 0.5) is 8.78 Å². The molecule has 2 heterocycles. The van der Waals surface area contributed by atoms with Gasteiger partial charge in [-0.2, -0.15) is 8.78 Å². The summed E-state index contributed by atoms with van der Waals surface area (Å²) < 4.78 is 31.1. The molecule has 4 nitrogen and oxygen atoms in total. The van der Waals surface area contributed by atoms with Gasteiger partial charge in [0.25, 0.3) is 0 Å². The topological polar surface area (TPSA) is 60.2 Å². The molecule has 3 aromatic rings. The van der Waals surface area contributed by atoms with Gasteiger partial charge in [0.15, 0.2) is 0 Å². The van der Waals surface area contributed by atoms with Crippen molar-refractivity contribution in [3.05, 3.63) is 94.3 Å². The first-order valence-electron chi connectivity index (χ1n) is 10.1. The van der Waals surface area contributed by atoms with Crippen LogP contribution >= 0.6 is 0 Å². The van der Waals surface area contributed by atoms with Crippen LogP contribution in [-0.4, -0.2) is 11.6 Å². The lowest BCUT2D eigenvalue weighted by Crippen LogP contribution is -2.42. The Kier molecular flexibility index (Phi) is 4.56. The van der Waals surface area contributed by atoms with Crippen molar-refractivity contribution < 1.29 is 13.5 Å². The van der Waals surface area contributed by atoms with E-state index in [2.05, 4.69) is 22.4 Å². The van der Waals surface area contributed by atoms with Gasteiger partial charge < -0.3 is 10.5 Å². The van der Waals surface area contributed by atoms with Crippen LogP contribution < -0.4 is 15.8 Å². The molecule has 2 aromatic carbocycles. The first-order chi connectivity index (χ1) is 14.5. The van der Waals surface area contributed by atoms with Crippen molar-refractivity contribution in [2.24, 2.45) is 5.73 Å². The quantitative estimate of drug-likeness (QED) is 0.642. The van der Waals surface area contributed by atoms with Crippen LogP contribution in [0.1, 0.15) is 58.4 Å². The average molecular weight is 407 g/mol. The molecular formula is C24H23F2N3O. The number of nitrogens with zero attached hydrogens (tertiary/aromatic N) is 1. The molecule has 1 aromatic heterocycles. The van der Waals surface area contributed by atoms with Gasteiger partial charge in [-0.05, 0) is 66.1 Å². The molecular weight excluding hydrogens is 384 g/mol. The first kappa shape index (κ1) is 19.2. The summed E-state index contributed by atoms with van der Waals surface area (Å²) in [6.45, 7) is -1.02. The van der Waals surface area contributed by atoms with Crippen LogP contribution in [0.15, 0.2) is 60.8 Å². The maximum absolute atomic E-state index is 13.1. The molecule has 3 N–H and O–H groups in total. The van der Waals surface area contributed by atoms with Gasteiger partial charge in [-0.3, -0.25) is 10.3 Å². The fraction of sp³-hybridized carbons (Fsp3) is 0.292. The Hall–Kier alpha value is -2.83. The summed E-state index contributed by atoms with van der Waals surface area (Å²) in [7, 11) is 0. The summed E-state index contributed by atoms with van der Waals surface area (Å²) in [4.78, 5) is 4.52. The summed E-state index contributed by atoms with van der Waals surface area (Å²) in [5.74, 6) is 0.543. The number of nitrogens with one attached hydrogen (secondary N) is 1. The Morgan fingerprint density at radius 1 is 1.10 bits per heavy atom. The summed E-state index contributed by atoms with van der Waals surface area (Å²) >= 11 is 0. The molecule has 2 unspecified atom stereocenters. The fourth-order valence-electron chi connectivity index (χ4n) is 4.66. The maximum Gasteiger partial charge on any atom is 0.387 e. The molecule has 0 saturated heterocycles. The van der Waals surface area contributed by atoms with E-state index in [4.69, 9.17) is 10.5 Å². The van der Waals surface area contributed by atoms with Crippen LogP contribution in [0.3, 0.4) is 0 Å². The van der Waals surface area contributed by atoms with Crippen molar-refractivity contribution in [2.75, 3.05) is 0 Å². The van der Waals surface area contributed by atoms with Gasteiger partial charge in [-0.25, -0.2) is 0 Å². The molecule has 1 aliphatic carbocycles. The fourth-order valence-corrected chi connectivity index (χ4v) is 4.66. The van der Waals surface area contributed by atoms with Crippen molar-refractivity contribution in [3.8, 4) is 5.75 Å². The molecule has 1 fully saturated rings. The van der Waals surface area contributed by atoms with Crippen molar-refractivity contribution in [3.63, 3.8) is 0 Å².